The molecule has 0 amide bonds. The molecule has 0 radical (unpaired) electrons. The van der Waals surface area contributed by atoms with Crippen LogP contribution in [0.5, 0.6) is 0 Å². The monoisotopic (exact) mass is 287 g/mol. The number of hydrogen-bond donors (Lipinski definition) is 2. The van der Waals surface area contributed by atoms with E-state index in [0.29, 0.717) is 30.1 Å². The lowest BCUT2D eigenvalue weighted by atomic mass is 10.1. The van der Waals surface area contributed by atoms with E-state index in [-0.39, 0.29) is 6.10 Å². The topological polar surface area (TPSA) is 50.1 Å². The van der Waals surface area contributed by atoms with Gasteiger partial charge in [-0.1, -0.05) is 39.3 Å². The van der Waals surface area contributed by atoms with Crippen molar-refractivity contribution in [2.24, 2.45) is 13.0 Å². The summed E-state index contributed by atoms with van der Waals surface area (Å²) in [5.74, 6) is 0.848. The molecule has 0 aliphatic carbocycles. The molecular weight excluding hydrogens is 262 g/mol. The molecule has 1 aromatic rings. The van der Waals surface area contributed by atoms with E-state index < -0.39 is 0 Å². The molecular formula is C14H26ClN3O. The Morgan fingerprint density at radius 3 is 2.47 bits per heavy atom. The average molecular weight is 288 g/mol. The lowest BCUT2D eigenvalue weighted by Crippen LogP contribution is -2.27. The Kier molecular flexibility index (Phi) is 6.30. The van der Waals surface area contributed by atoms with E-state index in [0.717, 1.165) is 17.7 Å². The standard InChI is InChI=1S/C14H26ClN3O/c1-9(2)6-11(19)7-16-8-12-13(10(3)4)17-18(5)14(12)15/h9-11,16,19H,6-8H2,1-5H3. The fraction of sp³-hybridized carbons (Fsp3) is 0.786. The van der Waals surface area contributed by atoms with Crippen molar-refractivity contribution in [1.82, 2.24) is 15.1 Å². The van der Waals surface area contributed by atoms with Crippen molar-refractivity contribution in [1.29, 1.82) is 0 Å². The van der Waals surface area contributed by atoms with E-state index in [1.165, 1.54) is 0 Å². The summed E-state index contributed by atoms with van der Waals surface area (Å²) in [6.07, 6.45) is 0.503. The second-order valence-electron chi connectivity index (χ2n) is 5.85. The predicted molar refractivity (Wildman–Crippen MR) is 79.5 cm³/mol. The first-order valence-electron chi connectivity index (χ1n) is 6.93. The Bertz CT molecular complexity index is 402. The van der Waals surface area contributed by atoms with Gasteiger partial charge in [-0.15, -0.1) is 0 Å². The van der Waals surface area contributed by atoms with Gasteiger partial charge in [-0.2, -0.15) is 5.10 Å². The minimum atomic E-state index is -0.307. The number of nitrogens with one attached hydrogen (secondary N) is 1. The van der Waals surface area contributed by atoms with Crippen LogP contribution in [0, 0.1) is 5.92 Å². The van der Waals surface area contributed by atoms with Crippen LogP contribution in [0.25, 0.3) is 0 Å². The summed E-state index contributed by atoms with van der Waals surface area (Å²) in [7, 11) is 1.85. The maximum absolute atomic E-state index is 9.83. The number of aryl methyl sites for hydroxylation is 1. The van der Waals surface area contributed by atoms with Gasteiger partial charge in [-0.25, -0.2) is 0 Å². The van der Waals surface area contributed by atoms with Crippen molar-refractivity contribution < 1.29 is 5.11 Å². The second-order valence-corrected chi connectivity index (χ2v) is 6.21. The summed E-state index contributed by atoms with van der Waals surface area (Å²) < 4.78 is 1.71. The molecule has 1 aromatic heterocycles. The molecule has 0 aromatic carbocycles. The van der Waals surface area contributed by atoms with E-state index in [4.69, 9.17) is 11.6 Å². The Morgan fingerprint density at radius 2 is 1.95 bits per heavy atom. The third kappa shape index (κ3) is 4.79. The van der Waals surface area contributed by atoms with Crippen LogP contribution in [0.3, 0.4) is 0 Å². The van der Waals surface area contributed by atoms with Gasteiger partial charge in [-0.3, -0.25) is 4.68 Å². The molecule has 0 spiro atoms. The van der Waals surface area contributed by atoms with Gasteiger partial charge in [0.25, 0.3) is 0 Å². The fourth-order valence-electron chi connectivity index (χ4n) is 2.19. The molecule has 0 saturated carbocycles. The van der Waals surface area contributed by atoms with Crippen LogP contribution in [-0.4, -0.2) is 27.5 Å². The summed E-state index contributed by atoms with van der Waals surface area (Å²) >= 11 is 6.26. The molecule has 0 aliphatic rings. The first kappa shape index (κ1) is 16.5. The first-order chi connectivity index (χ1) is 8.82. The molecule has 5 heteroatoms. The molecule has 1 atom stereocenters. The van der Waals surface area contributed by atoms with Crippen LogP contribution in [0.15, 0.2) is 0 Å². The zero-order valence-electron chi connectivity index (χ0n) is 12.6. The highest BCUT2D eigenvalue weighted by Gasteiger charge is 2.17. The van der Waals surface area contributed by atoms with Crippen molar-refractivity contribution >= 4 is 11.6 Å². The van der Waals surface area contributed by atoms with Gasteiger partial charge >= 0.3 is 0 Å². The summed E-state index contributed by atoms with van der Waals surface area (Å²) in [6.45, 7) is 9.66. The molecule has 1 rings (SSSR count). The SMILES string of the molecule is CC(C)CC(O)CNCc1c(C(C)C)nn(C)c1Cl. The maximum Gasteiger partial charge on any atom is 0.131 e. The summed E-state index contributed by atoms with van der Waals surface area (Å²) in [5.41, 5.74) is 2.06. The highest BCUT2D eigenvalue weighted by atomic mass is 35.5. The van der Waals surface area contributed by atoms with Gasteiger partial charge in [0, 0.05) is 25.7 Å². The van der Waals surface area contributed by atoms with Gasteiger partial charge in [0.1, 0.15) is 5.15 Å². The number of halogens is 1. The van der Waals surface area contributed by atoms with Crippen molar-refractivity contribution in [3.8, 4) is 0 Å². The molecule has 110 valence electrons. The van der Waals surface area contributed by atoms with Crippen molar-refractivity contribution in [2.45, 2.75) is 52.7 Å². The normalized spacial score (nSPS) is 13.5. The lowest BCUT2D eigenvalue weighted by molar-refractivity contribution is 0.146. The highest BCUT2D eigenvalue weighted by Crippen LogP contribution is 2.24. The number of hydrogen-bond acceptors (Lipinski definition) is 3. The van der Waals surface area contributed by atoms with Crippen LogP contribution in [0.4, 0.5) is 0 Å². The van der Waals surface area contributed by atoms with Crippen molar-refractivity contribution in [2.75, 3.05) is 6.54 Å². The quantitative estimate of drug-likeness (QED) is 0.811. The van der Waals surface area contributed by atoms with Crippen LogP contribution < -0.4 is 5.32 Å². The van der Waals surface area contributed by atoms with E-state index in [2.05, 4.69) is 38.1 Å². The highest BCUT2D eigenvalue weighted by molar-refractivity contribution is 6.30. The molecule has 4 nitrogen and oxygen atoms in total. The van der Waals surface area contributed by atoms with E-state index in [9.17, 15) is 5.11 Å². The molecule has 1 heterocycles. The van der Waals surface area contributed by atoms with Gasteiger partial charge in [-0.05, 0) is 18.3 Å². The zero-order chi connectivity index (χ0) is 14.6. The van der Waals surface area contributed by atoms with Gasteiger partial charge in [0.05, 0.1) is 11.8 Å². The summed E-state index contributed by atoms with van der Waals surface area (Å²) in [5, 5.41) is 18.2. The minimum Gasteiger partial charge on any atom is -0.392 e. The van der Waals surface area contributed by atoms with Gasteiger partial charge < -0.3 is 10.4 Å². The van der Waals surface area contributed by atoms with Crippen molar-refractivity contribution in [3.63, 3.8) is 0 Å². The predicted octanol–water partition coefficient (Wildman–Crippen LogP) is 2.69. The fourth-order valence-corrected chi connectivity index (χ4v) is 2.39. The van der Waals surface area contributed by atoms with Crippen LogP contribution in [0.1, 0.15) is 51.3 Å². The molecule has 0 aliphatic heterocycles. The Hall–Kier alpha value is -0.580. The number of rotatable bonds is 7. The molecule has 0 fully saturated rings. The molecule has 0 bridgehead atoms. The smallest absolute Gasteiger partial charge is 0.131 e. The molecule has 19 heavy (non-hydrogen) atoms. The number of aliphatic hydroxyl groups is 1. The van der Waals surface area contributed by atoms with E-state index >= 15 is 0 Å². The van der Waals surface area contributed by atoms with Crippen LogP contribution in [0.2, 0.25) is 5.15 Å². The summed E-state index contributed by atoms with van der Waals surface area (Å²) in [4.78, 5) is 0. The molecule has 2 N–H and O–H groups in total. The Morgan fingerprint density at radius 1 is 1.32 bits per heavy atom. The number of aromatic nitrogens is 2. The van der Waals surface area contributed by atoms with Gasteiger partial charge in [0.2, 0.25) is 0 Å². The third-order valence-electron chi connectivity index (χ3n) is 3.07. The average Bonchev–Trinajstić information content (AvgIpc) is 2.56. The molecule has 1 unspecified atom stereocenters. The van der Waals surface area contributed by atoms with Crippen molar-refractivity contribution in [3.05, 3.63) is 16.4 Å². The van der Waals surface area contributed by atoms with E-state index in [1.807, 2.05) is 7.05 Å². The number of nitrogens with zero attached hydrogens (tertiary/aromatic N) is 2. The van der Waals surface area contributed by atoms with E-state index in [1.54, 1.807) is 4.68 Å². The second kappa shape index (κ2) is 7.27. The molecule has 0 saturated heterocycles. The van der Waals surface area contributed by atoms with Crippen LogP contribution >= 0.6 is 11.6 Å². The van der Waals surface area contributed by atoms with Crippen LogP contribution in [-0.2, 0) is 13.6 Å². The lowest BCUT2D eigenvalue weighted by Gasteiger charge is -2.14. The largest absolute Gasteiger partial charge is 0.392 e. The van der Waals surface area contributed by atoms with Gasteiger partial charge in [0.15, 0.2) is 0 Å². The zero-order valence-corrected chi connectivity index (χ0v) is 13.3. The first-order valence-corrected chi connectivity index (χ1v) is 7.30. The summed E-state index contributed by atoms with van der Waals surface area (Å²) in [6, 6.07) is 0. The Labute approximate surface area is 121 Å². The number of aliphatic hydroxyl groups excluding tert-OH is 1. The minimum absolute atomic E-state index is 0.307. The Balaban J connectivity index is 2.58. The third-order valence-corrected chi connectivity index (χ3v) is 3.54. The maximum atomic E-state index is 9.83.